The Bertz CT molecular complexity index is 818. The molecule has 0 aromatic carbocycles. The van der Waals surface area contributed by atoms with E-state index in [1.165, 1.54) is 12.4 Å². The van der Waals surface area contributed by atoms with Crippen LogP contribution in [0.1, 0.15) is 26.3 Å². The minimum absolute atomic E-state index is 0.190. The van der Waals surface area contributed by atoms with E-state index in [4.69, 9.17) is 11.6 Å². The molecule has 2 heterocycles. The number of aromatic nitrogens is 3. The van der Waals surface area contributed by atoms with Gasteiger partial charge in [0.05, 0.1) is 4.75 Å². The second-order valence-corrected chi connectivity index (χ2v) is 8.78. The Balaban J connectivity index is 2.26. The minimum Gasteiger partial charge on any atom is -0.340 e. The number of pyridine rings is 1. The number of aryl methyl sites for hydroxylation is 1. The number of halogens is 1. The van der Waals surface area contributed by atoms with Crippen molar-refractivity contribution in [3.05, 3.63) is 35.4 Å². The summed E-state index contributed by atoms with van der Waals surface area (Å²) in [4.78, 5) is 12.0. The summed E-state index contributed by atoms with van der Waals surface area (Å²) in [6, 6.07) is 3.18. The lowest BCUT2D eigenvalue weighted by Gasteiger charge is -2.20. The zero-order valence-corrected chi connectivity index (χ0v) is 14.8. The van der Waals surface area contributed by atoms with Gasteiger partial charge in [-0.05, 0) is 39.3 Å². The first-order chi connectivity index (χ1) is 10.6. The van der Waals surface area contributed by atoms with Crippen LogP contribution in [-0.2, 0) is 10.0 Å². The first-order valence-electron chi connectivity index (χ1n) is 6.82. The Hall–Kier alpha value is -1.93. The number of anilines is 3. The standard InChI is InChI=1S/C14H18ClN5O2S/c1-9-7-16-11(15)5-10(9)19-12-6-13(18-8-17-12)20-23(21,22)14(2,3)4/h5-8H,1-4H3,(H2,16,17,18,19,20). The highest BCUT2D eigenvalue weighted by Gasteiger charge is 2.29. The van der Waals surface area contributed by atoms with E-state index in [9.17, 15) is 8.42 Å². The van der Waals surface area contributed by atoms with Gasteiger partial charge in [-0.2, -0.15) is 0 Å². The number of hydrogen-bond acceptors (Lipinski definition) is 6. The molecule has 7 nitrogen and oxygen atoms in total. The van der Waals surface area contributed by atoms with Crippen LogP contribution in [0.4, 0.5) is 17.3 Å². The molecule has 0 unspecified atom stereocenters. The van der Waals surface area contributed by atoms with Crippen molar-refractivity contribution in [3.8, 4) is 0 Å². The molecular formula is C14H18ClN5O2S. The van der Waals surface area contributed by atoms with E-state index in [1.807, 2.05) is 6.92 Å². The molecule has 2 aromatic heterocycles. The molecule has 0 aliphatic carbocycles. The van der Waals surface area contributed by atoms with E-state index in [2.05, 4.69) is 25.0 Å². The molecule has 0 atom stereocenters. The summed E-state index contributed by atoms with van der Waals surface area (Å²) in [5.74, 6) is 0.632. The van der Waals surface area contributed by atoms with Crippen LogP contribution >= 0.6 is 11.6 Å². The molecule has 0 aliphatic rings. The highest BCUT2D eigenvalue weighted by atomic mass is 35.5. The Morgan fingerprint density at radius 3 is 2.39 bits per heavy atom. The smallest absolute Gasteiger partial charge is 0.238 e. The van der Waals surface area contributed by atoms with Crippen molar-refractivity contribution in [1.82, 2.24) is 15.0 Å². The molecule has 0 saturated heterocycles. The average molecular weight is 356 g/mol. The molecule has 0 aliphatic heterocycles. The zero-order chi connectivity index (χ0) is 17.3. The van der Waals surface area contributed by atoms with E-state index in [-0.39, 0.29) is 5.82 Å². The Morgan fingerprint density at radius 1 is 1.09 bits per heavy atom. The molecule has 0 fully saturated rings. The van der Waals surface area contributed by atoms with Crippen molar-refractivity contribution in [2.24, 2.45) is 0 Å². The second-order valence-electron chi connectivity index (χ2n) is 5.95. The topological polar surface area (TPSA) is 96.9 Å². The van der Waals surface area contributed by atoms with Crippen LogP contribution in [0.2, 0.25) is 5.15 Å². The van der Waals surface area contributed by atoms with Crippen LogP contribution in [0.5, 0.6) is 0 Å². The molecule has 0 radical (unpaired) electrons. The molecule has 0 spiro atoms. The van der Waals surface area contributed by atoms with E-state index < -0.39 is 14.8 Å². The van der Waals surface area contributed by atoms with Crippen molar-refractivity contribution in [2.75, 3.05) is 10.0 Å². The minimum atomic E-state index is -3.55. The van der Waals surface area contributed by atoms with Crippen LogP contribution in [-0.4, -0.2) is 28.1 Å². The summed E-state index contributed by atoms with van der Waals surface area (Å²) in [7, 11) is -3.55. The Labute approximate surface area is 140 Å². The fourth-order valence-electron chi connectivity index (χ4n) is 1.54. The summed E-state index contributed by atoms with van der Waals surface area (Å²) < 4.78 is 25.9. The van der Waals surface area contributed by atoms with Gasteiger partial charge in [0.1, 0.15) is 23.1 Å². The molecule has 2 aromatic rings. The summed E-state index contributed by atoms with van der Waals surface area (Å²) in [6.45, 7) is 6.70. The van der Waals surface area contributed by atoms with Gasteiger partial charge >= 0.3 is 0 Å². The molecule has 0 amide bonds. The van der Waals surface area contributed by atoms with Crippen molar-refractivity contribution in [2.45, 2.75) is 32.4 Å². The molecule has 124 valence electrons. The van der Waals surface area contributed by atoms with Crippen molar-refractivity contribution in [3.63, 3.8) is 0 Å². The Kier molecular flexibility index (Phi) is 4.76. The predicted molar refractivity (Wildman–Crippen MR) is 91.6 cm³/mol. The summed E-state index contributed by atoms with van der Waals surface area (Å²) in [6.07, 6.45) is 2.91. The van der Waals surface area contributed by atoms with Crippen molar-refractivity contribution < 1.29 is 8.42 Å². The quantitative estimate of drug-likeness (QED) is 0.818. The van der Waals surface area contributed by atoms with Crippen molar-refractivity contribution in [1.29, 1.82) is 0 Å². The molecular weight excluding hydrogens is 338 g/mol. The molecule has 2 N–H and O–H groups in total. The van der Waals surface area contributed by atoms with Gasteiger partial charge in [-0.15, -0.1) is 0 Å². The molecule has 9 heteroatoms. The highest BCUT2D eigenvalue weighted by molar-refractivity contribution is 7.94. The summed E-state index contributed by atoms with van der Waals surface area (Å²) in [5.41, 5.74) is 1.61. The average Bonchev–Trinajstić information content (AvgIpc) is 2.41. The van der Waals surface area contributed by atoms with Gasteiger partial charge in [-0.3, -0.25) is 4.72 Å². The lowest BCUT2D eigenvalue weighted by molar-refractivity contribution is 0.566. The molecule has 0 saturated carbocycles. The lowest BCUT2D eigenvalue weighted by Crippen LogP contribution is -2.34. The Morgan fingerprint density at radius 2 is 1.74 bits per heavy atom. The SMILES string of the molecule is Cc1cnc(Cl)cc1Nc1cc(NS(=O)(=O)C(C)(C)C)ncn1. The van der Waals surface area contributed by atoms with Crippen LogP contribution in [0.15, 0.2) is 24.7 Å². The third-order valence-corrected chi connectivity index (χ3v) is 5.34. The van der Waals surface area contributed by atoms with Gasteiger partial charge in [-0.25, -0.2) is 23.4 Å². The fourth-order valence-corrected chi connectivity index (χ4v) is 2.39. The first kappa shape index (κ1) is 17.4. The first-order valence-corrected chi connectivity index (χ1v) is 8.68. The summed E-state index contributed by atoms with van der Waals surface area (Å²) in [5, 5.41) is 3.42. The van der Waals surface area contributed by atoms with E-state index >= 15 is 0 Å². The molecule has 2 rings (SSSR count). The second kappa shape index (κ2) is 6.29. The number of nitrogens with zero attached hydrogens (tertiary/aromatic N) is 3. The van der Waals surface area contributed by atoms with Crippen LogP contribution in [0.3, 0.4) is 0 Å². The maximum atomic E-state index is 12.2. The predicted octanol–water partition coefficient (Wildman–Crippen LogP) is 3.12. The van der Waals surface area contributed by atoms with Crippen molar-refractivity contribution >= 4 is 38.9 Å². The zero-order valence-electron chi connectivity index (χ0n) is 13.3. The molecule has 23 heavy (non-hydrogen) atoms. The number of hydrogen-bond donors (Lipinski definition) is 2. The maximum absolute atomic E-state index is 12.2. The monoisotopic (exact) mass is 355 g/mol. The van der Waals surface area contributed by atoms with Crippen LogP contribution in [0, 0.1) is 6.92 Å². The van der Waals surface area contributed by atoms with Gasteiger partial charge in [0, 0.05) is 18.0 Å². The van der Waals surface area contributed by atoms with Gasteiger partial charge in [0.15, 0.2) is 0 Å². The van der Waals surface area contributed by atoms with Crippen LogP contribution in [0.25, 0.3) is 0 Å². The summed E-state index contributed by atoms with van der Waals surface area (Å²) >= 11 is 5.88. The van der Waals surface area contributed by atoms with E-state index in [0.29, 0.717) is 11.0 Å². The van der Waals surface area contributed by atoms with Gasteiger partial charge in [-0.1, -0.05) is 11.6 Å². The number of rotatable bonds is 4. The van der Waals surface area contributed by atoms with Gasteiger partial charge in [0.25, 0.3) is 0 Å². The van der Waals surface area contributed by atoms with Crippen LogP contribution < -0.4 is 10.0 Å². The highest BCUT2D eigenvalue weighted by Crippen LogP contribution is 2.23. The lowest BCUT2D eigenvalue weighted by atomic mass is 10.2. The van der Waals surface area contributed by atoms with E-state index in [0.717, 1.165) is 11.3 Å². The third-order valence-electron chi connectivity index (χ3n) is 3.04. The van der Waals surface area contributed by atoms with Gasteiger partial charge in [0.2, 0.25) is 10.0 Å². The van der Waals surface area contributed by atoms with E-state index in [1.54, 1.807) is 33.0 Å². The third kappa shape index (κ3) is 4.29. The number of sulfonamides is 1. The normalized spacial score (nSPS) is 12.0. The largest absolute Gasteiger partial charge is 0.340 e. The maximum Gasteiger partial charge on any atom is 0.238 e. The van der Waals surface area contributed by atoms with Gasteiger partial charge < -0.3 is 5.32 Å². The fraction of sp³-hybridized carbons (Fsp3) is 0.357. The number of nitrogens with one attached hydrogen (secondary N) is 2. The molecule has 0 bridgehead atoms.